The number of rotatable bonds is 5. The Morgan fingerprint density at radius 2 is 2.07 bits per heavy atom. The summed E-state index contributed by atoms with van der Waals surface area (Å²) in [6.45, 7) is 5.11. The van der Waals surface area contributed by atoms with Crippen LogP contribution in [0.4, 0.5) is 5.95 Å². The number of nitrogens with one attached hydrogen (secondary N) is 2. The lowest BCUT2D eigenvalue weighted by molar-refractivity contribution is 0.0946. The minimum atomic E-state index is -0.229. The van der Waals surface area contributed by atoms with E-state index in [-0.39, 0.29) is 5.91 Å². The molecule has 2 aromatic heterocycles. The molecule has 9 heteroatoms. The number of H-pyrrole nitrogens is 1. The van der Waals surface area contributed by atoms with E-state index in [1.807, 2.05) is 13.1 Å². The molecule has 3 heterocycles. The summed E-state index contributed by atoms with van der Waals surface area (Å²) in [7, 11) is 0. The fourth-order valence-electron chi connectivity index (χ4n) is 3.24. The Morgan fingerprint density at radius 1 is 1.27 bits per heavy atom. The van der Waals surface area contributed by atoms with Gasteiger partial charge in [0.25, 0.3) is 5.91 Å². The molecule has 1 aromatic carbocycles. The van der Waals surface area contributed by atoms with E-state index in [4.69, 9.17) is 32.9 Å². The minimum absolute atomic E-state index is 0.229. The highest BCUT2D eigenvalue weighted by Gasteiger charge is 2.17. The van der Waals surface area contributed by atoms with Gasteiger partial charge < -0.3 is 19.9 Å². The number of ether oxygens (including phenoxy) is 1. The van der Waals surface area contributed by atoms with Crippen LogP contribution in [0.3, 0.4) is 0 Å². The second-order valence-corrected chi connectivity index (χ2v) is 7.87. The molecule has 3 aromatic rings. The van der Waals surface area contributed by atoms with E-state index in [0.29, 0.717) is 41.4 Å². The molecule has 7 nitrogen and oxygen atoms in total. The number of nitrogens with zero attached hydrogens (tertiary/aromatic N) is 3. The van der Waals surface area contributed by atoms with Gasteiger partial charge in [0.05, 0.1) is 18.9 Å². The molecular formula is C21H21Cl2N5O2. The Hall–Kier alpha value is -2.61. The number of carbonyl (C=O) groups is 1. The summed E-state index contributed by atoms with van der Waals surface area (Å²) >= 11 is 12.1. The molecule has 1 amide bonds. The zero-order valence-electron chi connectivity index (χ0n) is 16.4. The van der Waals surface area contributed by atoms with Gasteiger partial charge in [-0.1, -0.05) is 29.3 Å². The van der Waals surface area contributed by atoms with E-state index in [9.17, 15) is 4.79 Å². The van der Waals surface area contributed by atoms with Crippen LogP contribution in [0.5, 0.6) is 0 Å². The Bertz CT molecular complexity index is 1060. The molecular weight excluding hydrogens is 425 g/mol. The maximum absolute atomic E-state index is 12.6. The number of morpholine rings is 1. The number of halogens is 2. The van der Waals surface area contributed by atoms with Crippen LogP contribution in [0, 0.1) is 6.92 Å². The van der Waals surface area contributed by atoms with Gasteiger partial charge >= 0.3 is 0 Å². The first-order valence-electron chi connectivity index (χ1n) is 9.58. The topological polar surface area (TPSA) is 83.1 Å². The Kier molecular flexibility index (Phi) is 6.22. The molecule has 1 aliphatic rings. The number of anilines is 1. The van der Waals surface area contributed by atoms with Gasteiger partial charge in [-0.3, -0.25) is 4.79 Å². The highest BCUT2D eigenvalue weighted by molar-refractivity contribution is 6.35. The number of benzene rings is 1. The van der Waals surface area contributed by atoms with Crippen LogP contribution in [0.15, 0.2) is 36.7 Å². The van der Waals surface area contributed by atoms with Crippen LogP contribution in [-0.4, -0.2) is 47.2 Å². The van der Waals surface area contributed by atoms with Crippen molar-refractivity contribution < 1.29 is 9.53 Å². The van der Waals surface area contributed by atoms with Crippen molar-refractivity contribution in [1.29, 1.82) is 0 Å². The van der Waals surface area contributed by atoms with Gasteiger partial charge in [0.15, 0.2) is 0 Å². The van der Waals surface area contributed by atoms with Gasteiger partial charge in [-0.2, -0.15) is 0 Å². The lowest BCUT2D eigenvalue weighted by Gasteiger charge is -2.27. The van der Waals surface area contributed by atoms with Gasteiger partial charge in [-0.15, -0.1) is 0 Å². The van der Waals surface area contributed by atoms with Crippen molar-refractivity contribution in [3.05, 3.63) is 63.5 Å². The third-order valence-electron chi connectivity index (χ3n) is 4.91. The molecule has 0 atom stereocenters. The first kappa shape index (κ1) is 20.7. The molecule has 0 saturated carbocycles. The summed E-state index contributed by atoms with van der Waals surface area (Å²) in [5.74, 6) is 0.441. The number of aryl methyl sites for hydroxylation is 1. The number of amides is 1. The SMILES string of the molecule is Cc1cnc(N2CCOCC2)nc1-c1c[nH]c(C(=O)NCc2ccc(Cl)cc2Cl)c1. The molecule has 30 heavy (non-hydrogen) atoms. The van der Waals surface area contributed by atoms with Crippen molar-refractivity contribution >= 4 is 35.1 Å². The van der Waals surface area contributed by atoms with Gasteiger partial charge in [0.2, 0.25) is 5.95 Å². The highest BCUT2D eigenvalue weighted by Crippen LogP contribution is 2.25. The minimum Gasteiger partial charge on any atom is -0.378 e. The van der Waals surface area contributed by atoms with Gasteiger partial charge in [0, 0.05) is 47.6 Å². The van der Waals surface area contributed by atoms with Crippen LogP contribution in [-0.2, 0) is 11.3 Å². The first-order chi connectivity index (χ1) is 14.5. The summed E-state index contributed by atoms with van der Waals surface area (Å²) in [5.41, 5.74) is 3.80. The second kappa shape index (κ2) is 9.04. The maximum Gasteiger partial charge on any atom is 0.267 e. The van der Waals surface area contributed by atoms with Crippen molar-refractivity contribution in [2.45, 2.75) is 13.5 Å². The van der Waals surface area contributed by atoms with Crippen LogP contribution in [0.1, 0.15) is 21.6 Å². The highest BCUT2D eigenvalue weighted by atomic mass is 35.5. The second-order valence-electron chi connectivity index (χ2n) is 7.02. The number of carbonyl (C=O) groups excluding carboxylic acids is 1. The molecule has 0 aliphatic carbocycles. The summed E-state index contributed by atoms with van der Waals surface area (Å²) < 4.78 is 5.40. The van der Waals surface area contributed by atoms with Crippen LogP contribution < -0.4 is 10.2 Å². The van der Waals surface area contributed by atoms with E-state index in [2.05, 4.69) is 20.2 Å². The van der Waals surface area contributed by atoms with Crippen LogP contribution in [0.2, 0.25) is 10.0 Å². The maximum atomic E-state index is 12.6. The summed E-state index contributed by atoms with van der Waals surface area (Å²) in [4.78, 5) is 26.9. The Morgan fingerprint density at radius 3 is 2.83 bits per heavy atom. The molecule has 1 saturated heterocycles. The van der Waals surface area contributed by atoms with Gasteiger partial charge in [-0.25, -0.2) is 9.97 Å². The van der Waals surface area contributed by atoms with E-state index in [0.717, 1.165) is 35.5 Å². The standard InChI is InChI=1S/C21H21Cl2N5O2/c1-13-10-26-21(28-4-6-30-7-5-28)27-19(13)15-8-18(24-12-15)20(29)25-11-14-2-3-16(22)9-17(14)23/h2-3,8-10,12,24H,4-7,11H2,1H3,(H,25,29). The summed E-state index contributed by atoms with van der Waals surface area (Å²) in [6, 6.07) is 6.98. The van der Waals surface area contributed by atoms with Gasteiger partial charge in [0.1, 0.15) is 5.69 Å². The zero-order chi connectivity index (χ0) is 21.1. The number of hydrogen-bond acceptors (Lipinski definition) is 5. The van der Waals surface area contributed by atoms with Crippen LogP contribution in [0.25, 0.3) is 11.3 Å². The van der Waals surface area contributed by atoms with Crippen molar-refractivity contribution in [3.8, 4) is 11.3 Å². The predicted octanol–water partition coefficient (Wildman–Crippen LogP) is 3.85. The molecule has 2 N–H and O–H groups in total. The number of aromatic amines is 1. The summed E-state index contributed by atoms with van der Waals surface area (Å²) in [6.07, 6.45) is 3.59. The molecule has 0 spiro atoms. The van der Waals surface area contributed by atoms with Crippen LogP contribution >= 0.6 is 23.2 Å². The molecule has 1 aliphatic heterocycles. The average molecular weight is 446 g/mol. The smallest absolute Gasteiger partial charge is 0.267 e. The molecule has 0 unspecified atom stereocenters. The van der Waals surface area contributed by atoms with Gasteiger partial charge in [-0.05, 0) is 36.2 Å². The number of hydrogen-bond donors (Lipinski definition) is 2. The predicted molar refractivity (Wildman–Crippen MR) is 117 cm³/mol. The Balaban J connectivity index is 1.48. The van der Waals surface area contributed by atoms with E-state index in [1.165, 1.54) is 0 Å². The van der Waals surface area contributed by atoms with Crippen molar-refractivity contribution in [1.82, 2.24) is 20.3 Å². The normalized spacial score (nSPS) is 14.0. The molecule has 1 fully saturated rings. The molecule has 4 rings (SSSR count). The Labute approximate surface area is 184 Å². The lowest BCUT2D eigenvalue weighted by Crippen LogP contribution is -2.37. The van der Waals surface area contributed by atoms with Crippen molar-refractivity contribution in [2.24, 2.45) is 0 Å². The largest absolute Gasteiger partial charge is 0.378 e. The first-order valence-corrected chi connectivity index (χ1v) is 10.3. The monoisotopic (exact) mass is 445 g/mol. The fourth-order valence-corrected chi connectivity index (χ4v) is 3.71. The quantitative estimate of drug-likeness (QED) is 0.622. The zero-order valence-corrected chi connectivity index (χ0v) is 17.9. The number of aromatic nitrogens is 3. The summed E-state index contributed by atoms with van der Waals surface area (Å²) in [5, 5.41) is 3.94. The fraction of sp³-hybridized carbons (Fsp3) is 0.286. The third-order valence-corrected chi connectivity index (χ3v) is 5.50. The van der Waals surface area contributed by atoms with Crippen molar-refractivity contribution in [3.63, 3.8) is 0 Å². The molecule has 0 radical (unpaired) electrons. The van der Waals surface area contributed by atoms with E-state index in [1.54, 1.807) is 30.5 Å². The molecule has 156 valence electrons. The average Bonchev–Trinajstić information content (AvgIpc) is 3.24. The third kappa shape index (κ3) is 4.59. The van der Waals surface area contributed by atoms with Crippen molar-refractivity contribution in [2.75, 3.05) is 31.2 Å². The lowest BCUT2D eigenvalue weighted by atomic mass is 10.1. The van der Waals surface area contributed by atoms with E-state index >= 15 is 0 Å². The van der Waals surface area contributed by atoms with E-state index < -0.39 is 0 Å². The molecule has 0 bridgehead atoms.